The third kappa shape index (κ3) is 3.32. The lowest BCUT2D eigenvalue weighted by Gasteiger charge is -2.38. The topological polar surface area (TPSA) is 44.7 Å². The summed E-state index contributed by atoms with van der Waals surface area (Å²) in [7, 11) is 0. The molecule has 2 atom stereocenters. The van der Waals surface area contributed by atoms with Gasteiger partial charge in [-0.3, -0.25) is 0 Å². The summed E-state index contributed by atoms with van der Waals surface area (Å²) in [6.45, 7) is 7.59. The first kappa shape index (κ1) is 15.3. The maximum absolute atomic E-state index is 9.58. The number of aliphatic hydroxyl groups is 1. The van der Waals surface area contributed by atoms with Gasteiger partial charge in [0, 0.05) is 18.3 Å². The highest BCUT2D eigenvalue weighted by Crippen LogP contribution is 2.30. The normalized spacial score (nSPS) is 20.9. The van der Waals surface area contributed by atoms with E-state index in [0.717, 1.165) is 26.1 Å². The van der Waals surface area contributed by atoms with Crippen LogP contribution in [0.15, 0.2) is 24.3 Å². The van der Waals surface area contributed by atoms with Crippen LogP contribution in [0.4, 0.5) is 5.69 Å². The second-order valence-electron chi connectivity index (χ2n) is 5.18. The molecule has 1 aromatic carbocycles. The Hall–Kier alpha value is -1.10. The number of nitrogens with one attached hydrogen (secondary N) is 1. The van der Waals surface area contributed by atoms with Crippen molar-refractivity contribution < 1.29 is 9.84 Å². The van der Waals surface area contributed by atoms with E-state index in [9.17, 15) is 5.11 Å². The minimum Gasteiger partial charge on any atom is -0.394 e. The smallest absolute Gasteiger partial charge is 0.0755 e. The van der Waals surface area contributed by atoms with Crippen molar-refractivity contribution >= 4 is 5.69 Å². The monoisotopic (exact) mass is 278 g/mol. The van der Waals surface area contributed by atoms with Crippen molar-refractivity contribution in [2.75, 3.05) is 37.8 Å². The Kier molecular flexibility index (Phi) is 5.83. The molecule has 4 heteroatoms. The van der Waals surface area contributed by atoms with Gasteiger partial charge < -0.3 is 20.1 Å². The molecule has 1 aromatic rings. The number of hydrogen-bond donors (Lipinski definition) is 2. The highest BCUT2D eigenvalue weighted by Gasteiger charge is 2.25. The molecule has 20 heavy (non-hydrogen) atoms. The number of para-hydroxylation sites is 1. The van der Waals surface area contributed by atoms with E-state index in [1.165, 1.54) is 11.3 Å². The van der Waals surface area contributed by atoms with Crippen molar-refractivity contribution in [2.24, 2.45) is 0 Å². The zero-order valence-corrected chi connectivity index (χ0v) is 12.5. The molecule has 0 spiro atoms. The zero-order valence-electron chi connectivity index (χ0n) is 12.5. The van der Waals surface area contributed by atoms with Crippen LogP contribution < -0.4 is 10.2 Å². The minimum absolute atomic E-state index is 0.0593. The van der Waals surface area contributed by atoms with Gasteiger partial charge in [-0.2, -0.15) is 0 Å². The van der Waals surface area contributed by atoms with E-state index in [4.69, 9.17) is 4.74 Å². The minimum atomic E-state index is 0.0593. The Balaban J connectivity index is 2.30. The van der Waals surface area contributed by atoms with E-state index in [0.29, 0.717) is 12.6 Å². The highest BCUT2D eigenvalue weighted by molar-refractivity contribution is 5.56. The van der Waals surface area contributed by atoms with Crippen molar-refractivity contribution in [3.8, 4) is 0 Å². The fourth-order valence-corrected chi connectivity index (χ4v) is 2.89. The lowest BCUT2D eigenvalue weighted by atomic mass is 10.00. The van der Waals surface area contributed by atoms with Crippen molar-refractivity contribution in [1.29, 1.82) is 0 Å². The molecule has 2 unspecified atom stereocenters. The molecule has 0 saturated carbocycles. The molecule has 112 valence electrons. The molecule has 0 bridgehead atoms. The van der Waals surface area contributed by atoms with Gasteiger partial charge in [0.25, 0.3) is 0 Å². The third-order valence-electron chi connectivity index (χ3n) is 3.92. The first-order valence-corrected chi connectivity index (χ1v) is 7.59. The van der Waals surface area contributed by atoms with Gasteiger partial charge in [0.05, 0.1) is 25.9 Å². The molecule has 2 rings (SSSR count). The molecule has 0 amide bonds. The predicted molar refractivity (Wildman–Crippen MR) is 82.2 cm³/mol. The quantitative estimate of drug-likeness (QED) is 0.835. The second kappa shape index (κ2) is 7.62. The van der Waals surface area contributed by atoms with Gasteiger partial charge >= 0.3 is 0 Å². The van der Waals surface area contributed by atoms with Gasteiger partial charge in [-0.15, -0.1) is 0 Å². The van der Waals surface area contributed by atoms with Gasteiger partial charge in [0.15, 0.2) is 0 Å². The molecule has 2 N–H and O–H groups in total. The predicted octanol–water partition coefficient (Wildman–Crippen LogP) is 1.94. The molecular weight excluding hydrogens is 252 g/mol. The molecule has 1 aliphatic heterocycles. The average molecular weight is 278 g/mol. The second-order valence-corrected chi connectivity index (χ2v) is 5.18. The van der Waals surface area contributed by atoms with Crippen LogP contribution >= 0.6 is 0 Å². The Bertz CT molecular complexity index is 411. The van der Waals surface area contributed by atoms with E-state index in [-0.39, 0.29) is 12.6 Å². The van der Waals surface area contributed by atoms with Crippen molar-refractivity contribution in [3.05, 3.63) is 29.8 Å². The maximum Gasteiger partial charge on any atom is 0.0755 e. The van der Waals surface area contributed by atoms with Gasteiger partial charge in [0.2, 0.25) is 0 Å². The summed E-state index contributed by atoms with van der Waals surface area (Å²) in [6.07, 6.45) is 1.05. The summed E-state index contributed by atoms with van der Waals surface area (Å²) in [4.78, 5) is 2.29. The summed E-state index contributed by atoms with van der Waals surface area (Å²) < 4.78 is 5.48. The standard InChI is InChI=1S/C16H26N2O2/c1-3-15(17-4-2)14-7-5-6-8-16(14)18-9-10-20-12-13(18)11-19/h5-8,13,15,17,19H,3-4,9-12H2,1-2H3. The van der Waals surface area contributed by atoms with Crippen LogP contribution in [-0.4, -0.2) is 44.1 Å². The number of rotatable bonds is 6. The van der Waals surface area contributed by atoms with E-state index in [1.807, 2.05) is 0 Å². The number of ether oxygens (including phenoxy) is 1. The molecule has 1 saturated heterocycles. The van der Waals surface area contributed by atoms with Gasteiger partial charge in [-0.25, -0.2) is 0 Å². The SMILES string of the molecule is CCNC(CC)c1ccccc1N1CCOCC1CO. The Morgan fingerprint density at radius 3 is 2.90 bits per heavy atom. The summed E-state index contributed by atoms with van der Waals surface area (Å²) in [6, 6.07) is 8.93. The van der Waals surface area contributed by atoms with Crippen LogP contribution in [0.25, 0.3) is 0 Å². The number of anilines is 1. The lowest BCUT2D eigenvalue weighted by Crippen LogP contribution is -2.48. The van der Waals surface area contributed by atoms with Crippen LogP contribution in [0, 0.1) is 0 Å². The largest absolute Gasteiger partial charge is 0.394 e. The van der Waals surface area contributed by atoms with Gasteiger partial charge in [-0.1, -0.05) is 32.0 Å². The van der Waals surface area contributed by atoms with E-state index < -0.39 is 0 Å². The molecular formula is C16H26N2O2. The summed E-state index contributed by atoms with van der Waals surface area (Å²) in [5.74, 6) is 0. The molecule has 1 aliphatic rings. The first-order chi connectivity index (χ1) is 9.81. The molecule has 4 nitrogen and oxygen atoms in total. The molecule has 1 heterocycles. The van der Waals surface area contributed by atoms with Crippen molar-refractivity contribution in [3.63, 3.8) is 0 Å². The number of morpholine rings is 1. The van der Waals surface area contributed by atoms with Gasteiger partial charge in [0.1, 0.15) is 0 Å². The van der Waals surface area contributed by atoms with Crippen LogP contribution in [0.3, 0.4) is 0 Å². The highest BCUT2D eigenvalue weighted by atomic mass is 16.5. The zero-order chi connectivity index (χ0) is 14.4. The maximum atomic E-state index is 9.58. The third-order valence-corrected chi connectivity index (χ3v) is 3.92. The van der Waals surface area contributed by atoms with E-state index in [1.54, 1.807) is 0 Å². The number of aliphatic hydroxyl groups excluding tert-OH is 1. The summed E-state index contributed by atoms with van der Waals surface area (Å²) in [5.41, 5.74) is 2.54. The number of hydrogen-bond acceptors (Lipinski definition) is 4. The summed E-state index contributed by atoms with van der Waals surface area (Å²) in [5, 5.41) is 13.1. The molecule has 0 aliphatic carbocycles. The Labute approximate surface area is 121 Å². The first-order valence-electron chi connectivity index (χ1n) is 7.59. The number of nitrogens with zero attached hydrogens (tertiary/aromatic N) is 1. The fourth-order valence-electron chi connectivity index (χ4n) is 2.89. The van der Waals surface area contributed by atoms with Crippen molar-refractivity contribution in [2.45, 2.75) is 32.4 Å². The summed E-state index contributed by atoms with van der Waals surface area (Å²) >= 11 is 0. The molecule has 1 fully saturated rings. The lowest BCUT2D eigenvalue weighted by molar-refractivity contribution is 0.0725. The Morgan fingerprint density at radius 1 is 1.40 bits per heavy atom. The molecule has 0 aromatic heterocycles. The van der Waals surface area contributed by atoms with E-state index >= 15 is 0 Å². The Morgan fingerprint density at radius 2 is 2.20 bits per heavy atom. The van der Waals surface area contributed by atoms with E-state index in [2.05, 4.69) is 48.3 Å². The molecule has 0 radical (unpaired) electrons. The van der Waals surface area contributed by atoms with Crippen LogP contribution in [0.5, 0.6) is 0 Å². The number of benzene rings is 1. The van der Waals surface area contributed by atoms with Crippen LogP contribution in [-0.2, 0) is 4.74 Å². The van der Waals surface area contributed by atoms with Gasteiger partial charge in [-0.05, 0) is 24.6 Å². The van der Waals surface area contributed by atoms with Crippen molar-refractivity contribution in [1.82, 2.24) is 5.32 Å². The average Bonchev–Trinajstić information content (AvgIpc) is 2.52. The van der Waals surface area contributed by atoms with Crippen LogP contribution in [0.2, 0.25) is 0 Å². The fraction of sp³-hybridized carbons (Fsp3) is 0.625. The van der Waals surface area contributed by atoms with Crippen LogP contribution in [0.1, 0.15) is 31.9 Å².